The summed E-state index contributed by atoms with van der Waals surface area (Å²) in [5.41, 5.74) is 5.24. The van der Waals surface area contributed by atoms with Crippen molar-refractivity contribution in [1.82, 2.24) is 5.32 Å². The monoisotopic (exact) mass is 363 g/mol. The average molecular weight is 364 g/mol. The molecule has 0 saturated carbocycles. The maximum Gasteiger partial charge on any atom is 0.119 e. The van der Waals surface area contributed by atoms with Crippen molar-refractivity contribution >= 4 is 11.3 Å². The number of benzene rings is 2. The first kappa shape index (κ1) is 17.3. The molecule has 3 aromatic rings. The molecule has 2 nitrogen and oxygen atoms in total. The van der Waals surface area contributed by atoms with Gasteiger partial charge in [0.25, 0.3) is 0 Å². The highest BCUT2D eigenvalue weighted by Crippen LogP contribution is 2.24. The van der Waals surface area contributed by atoms with Gasteiger partial charge in [-0.2, -0.15) is 11.3 Å². The van der Waals surface area contributed by atoms with E-state index in [1.54, 1.807) is 11.3 Å². The Labute approximate surface area is 159 Å². The van der Waals surface area contributed by atoms with E-state index in [9.17, 15) is 0 Å². The molecule has 0 amide bonds. The van der Waals surface area contributed by atoms with Crippen molar-refractivity contribution in [3.05, 3.63) is 76.5 Å². The molecule has 2 heterocycles. The predicted octanol–water partition coefficient (Wildman–Crippen LogP) is 5.38. The predicted molar refractivity (Wildman–Crippen MR) is 110 cm³/mol. The fraction of sp³-hybridized carbons (Fsp3) is 0.304. The smallest absolute Gasteiger partial charge is 0.119 e. The van der Waals surface area contributed by atoms with Crippen LogP contribution in [0.5, 0.6) is 5.75 Å². The van der Waals surface area contributed by atoms with Crippen LogP contribution in [-0.2, 0) is 6.42 Å². The van der Waals surface area contributed by atoms with Gasteiger partial charge in [0.1, 0.15) is 5.75 Å². The van der Waals surface area contributed by atoms with Gasteiger partial charge in [0.2, 0.25) is 0 Å². The van der Waals surface area contributed by atoms with E-state index < -0.39 is 0 Å². The number of ether oxygens (including phenoxy) is 1. The summed E-state index contributed by atoms with van der Waals surface area (Å²) in [4.78, 5) is 0. The molecule has 1 aliphatic rings. The molecule has 2 unspecified atom stereocenters. The molecule has 0 radical (unpaired) electrons. The Balaban J connectivity index is 1.33. The van der Waals surface area contributed by atoms with Crippen LogP contribution in [0.1, 0.15) is 24.5 Å². The summed E-state index contributed by atoms with van der Waals surface area (Å²) in [6, 6.07) is 20.2. The minimum absolute atomic E-state index is 0.561. The van der Waals surface area contributed by atoms with Crippen LogP contribution < -0.4 is 10.1 Å². The molecule has 134 valence electrons. The first-order valence-electron chi connectivity index (χ1n) is 9.34. The Bertz CT molecular complexity index is 808. The first-order valence-corrected chi connectivity index (χ1v) is 10.3. The van der Waals surface area contributed by atoms with Crippen molar-refractivity contribution in [1.29, 1.82) is 0 Å². The fourth-order valence-corrected chi connectivity index (χ4v) is 4.19. The third-order valence-corrected chi connectivity index (χ3v) is 5.98. The van der Waals surface area contributed by atoms with E-state index in [2.05, 4.69) is 77.6 Å². The van der Waals surface area contributed by atoms with Gasteiger partial charge in [-0.15, -0.1) is 0 Å². The number of nitrogens with one attached hydrogen (secondary N) is 1. The maximum absolute atomic E-state index is 5.98. The molecule has 3 heteroatoms. The first-order chi connectivity index (χ1) is 12.8. The Morgan fingerprint density at radius 3 is 2.31 bits per heavy atom. The number of thiophene rings is 1. The number of hydrogen-bond acceptors (Lipinski definition) is 3. The third kappa shape index (κ3) is 4.17. The molecule has 2 atom stereocenters. The van der Waals surface area contributed by atoms with Gasteiger partial charge in [0.05, 0.1) is 6.61 Å². The zero-order valence-corrected chi connectivity index (χ0v) is 16.0. The average Bonchev–Trinajstić information content (AvgIpc) is 3.34. The summed E-state index contributed by atoms with van der Waals surface area (Å²) >= 11 is 1.74. The second kappa shape index (κ2) is 8.07. The number of hydrogen-bond donors (Lipinski definition) is 1. The van der Waals surface area contributed by atoms with Crippen molar-refractivity contribution in [2.45, 2.75) is 25.8 Å². The summed E-state index contributed by atoms with van der Waals surface area (Å²) < 4.78 is 5.98. The molecule has 4 rings (SSSR count). The fourth-order valence-electron chi connectivity index (χ4n) is 3.53. The van der Waals surface area contributed by atoms with Gasteiger partial charge in [0, 0.05) is 12.0 Å². The molecular weight excluding hydrogens is 338 g/mol. The van der Waals surface area contributed by atoms with E-state index >= 15 is 0 Å². The van der Waals surface area contributed by atoms with E-state index in [4.69, 9.17) is 4.74 Å². The van der Waals surface area contributed by atoms with Crippen molar-refractivity contribution in [3.8, 4) is 16.9 Å². The normalized spacial score (nSPS) is 19.6. The highest BCUT2D eigenvalue weighted by Gasteiger charge is 2.23. The van der Waals surface area contributed by atoms with Crippen molar-refractivity contribution in [2.75, 3.05) is 13.2 Å². The van der Waals surface area contributed by atoms with Crippen molar-refractivity contribution in [2.24, 2.45) is 5.92 Å². The Morgan fingerprint density at radius 1 is 0.962 bits per heavy atom. The van der Waals surface area contributed by atoms with Crippen LogP contribution in [0, 0.1) is 5.92 Å². The molecule has 2 aromatic carbocycles. The zero-order chi connectivity index (χ0) is 17.8. The summed E-state index contributed by atoms with van der Waals surface area (Å²) in [5, 5.41) is 7.79. The Kier molecular flexibility index (Phi) is 5.37. The second-order valence-electron chi connectivity index (χ2n) is 7.13. The van der Waals surface area contributed by atoms with E-state index in [-0.39, 0.29) is 0 Å². The Hall–Kier alpha value is -2.10. The van der Waals surface area contributed by atoms with Gasteiger partial charge in [-0.1, -0.05) is 36.4 Å². The lowest BCUT2D eigenvalue weighted by Crippen LogP contribution is -2.26. The third-order valence-electron chi connectivity index (χ3n) is 5.29. The second-order valence-corrected chi connectivity index (χ2v) is 7.91. The van der Waals surface area contributed by atoms with Gasteiger partial charge in [-0.05, 0) is 77.5 Å². The van der Waals surface area contributed by atoms with Crippen molar-refractivity contribution < 1.29 is 4.74 Å². The van der Waals surface area contributed by atoms with Crippen LogP contribution in [0.15, 0.2) is 65.4 Å². The molecule has 0 aliphatic carbocycles. The van der Waals surface area contributed by atoms with E-state index in [1.165, 1.54) is 28.7 Å². The van der Waals surface area contributed by atoms with Gasteiger partial charge in [0.15, 0.2) is 0 Å². The lowest BCUT2D eigenvalue weighted by molar-refractivity contribution is 0.240. The highest BCUT2D eigenvalue weighted by molar-refractivity contribution is 7.08. The molecule has 1 N–H and O–H groups in total. The van der Waals surface area contributed by atoms with Crippen LogP contribution in [0.25, 0.3) is 11.1 Å². The standard InChI is InChI=1S/C23H25NOS/c1-17-21(10-12-24-17)15-25-23-8-4-19(5-9-23)14-18-2-6-20(7-3-18)22-11-13-26-16-22/h2-9,11,13,16-17,21,24H,10,12,14-15H2,1H3. The molecule has 1 saturated heterocycles. The number of rotatable bonds is 6. The van der Waals surface area contributed by atoms with Crippen LogP contribution in [0.3, 0.4) is 0 Å². The molecule has 0 spiro atoms. The minimum atomic E-state index is 0.561. The van der Waals surface area contributed by atoms with Crippen LogP contribution in [-0.4, -0.2) is 19.2 Å². The molecular formula is C23H25NOS. The quantitative estimate of drug-likeness (QED) is 0.634. The molecule has 0 bridgehead atoms. The van der Waals surface area contributed by atoms with Gasteiger partial charge in [-0.25, -0.2) is 0 Å². The van der Waals surface area contributed by atoms with Crippen molar-refractivity contribution in [3.63, 3.8) is 0 Å². The summed E-state index contributed by atoms with van der Waals surface area (Å²) in [6.07, 6.45) is 2.16. The van der Waals surface area contributed by atoms with Crippen LogP contribution in [0.4, 0.5) is 0 Å². The van der Waals surface area contributed by atoms with E-state index in [0.717, 1.165) is 25.3 Å². The zero-order valence-electron chi connectivity index (χ0n) is 15.2. The van der Waals surface area contributed by atoms with Gasteiger partial charge < -0.3 is 10.1 Å². The minimum Gasteiger partial charge on any atom is -0.493 e. The molecule has 1 aliphatic heterocycles. The summed E-state index contributed by atoms with van der Waals surface area (Å²) in [6.45, 7) is 4.16. The lowest BCUT2D eigenvalue weighted by atomic mass is 10.0. The van der Waals surface area contributed by atoms with Gasteiger partial charge >= 0.3 is 0 Å². The summed E-state index contributed by atoms with van der Waals surface area (Å²) in [5.74, 6) is 1.59. The van der Waals surface area contributed by atoms with E-state index in [0.29, 0.717) is 12.0 Å². The molecule has 1 aromatic heterocycles. The summed E-state index contributed by atoms with van der Waals surface area (Å²) in [7, 11) is 0. The largest absolute Gasteiger partial charge is 0.493 e. The SMILES string of the molecule is CC1NCCC1COc1ccc(Cc2ccc(-c3ccsc3)cc2)cc1. The Morgan fingerprint density at radius 2 is 1.69 bits per heavy atom. The lowest BCUT2D eigenvalue weighted by Gasteiger charge is -2.16. The highest BCUT2D eigenvalue weighted by atomic mass is 32.1. The maximum atomic E-state index is 5.98. The van der Waals surface area contributed by atoms with Gasteiger partial charge in [-0.3, -0.25) is 0 Å². The molecule has 26 heavy (non-hydrogen) atoms. The van der Waals surface area contributed by atoms with E-state index in [1.807, 2.05) is 0 Å². The topological polar surface area (TPSA) is 21.3 Å². The van der Waals surface area contributed by atoms with Crippen LogP contribution in [0.2, 0.25) is 0 Å². The van der Waals surface area contributed by atoms with Crippen LogP contribution >= 0.6 is 11.3 Å². The molecule has 1 fully saturated rings.